The second-order valence-corrected chi connectivity index (χ2v) is 7.85. The van der Waals surface area contributed by atoms with Crippen LogP contribution in [0.5, 0.6) is 5.75 Å². The molecule has 0 N–H and O–H groups in total. The molecule has 34 heavy (non-hydrogen) atoms. The zero-order valence-corrected chi connectivity index (χ0v) is 18.6. The van der Waals surface area contributed by atoms with Gasteiger partial charge >= 0.3 is 5.97 Å². The van der Waals surface area contributed by atoms with Gasteiger partial charge in [0.25, 0.3) is 5.91 Å². The third kappa shape index (κ3) is 5.43. The molecule has 4 rings (SSSR count). The number of piperazine rings is 1. The molecule has 1 aliphatic rings. The van der Waals surface area contributed by atoms with Crippen molar-refractivity contribution in [3.05, 3.63) is 88.9 Å². The van der Waals surface area contributed by atoms with Gasteiger partial charge in [0.15, 0.2) is 17.4 Å². The molecule has 7 nitrogen and oxygen atoms in total. The Kier molecular flexibility index (Phi) is 7.22. The van der Waals surface area contributed by atoms with E-state index in [0.717, 1.165) is 6.07 Å². The maximum atomic E-state index is 13.9. The fourth-order valence-electron chi connectivity index (χ4n) is 3.71. The first kappa shape index (κ1) is 23.4. The minimum Gasteiger partial charge on any atom is -0.486 e. The van der Waals surface area contributed by atoms with Crippen LogP contribution >= 0.6 is 0 Å². The predicted molar refractivity (Wildman–Crippen MR) is 118 cm³/mol. The van der Waals surface area contributed by atoms with E-state index in [-0.39, 0.29) is 24.8 Å². The van der Waals surface area contributed by atoms with E-state index in [1.165, 1.54) is 13.2 Å². The van der Waals surface area contributed by atoms with Crippen molar-refractivity contribution >= 4 is 11.9 Å². The van der Waals surface area contributed by atoms with Crippen molar-refractivity contribution in [3.8, 4) is 5.75 Å². The Morgan fingerprint density at radius 2 is 1.71 bits per heavy atom. The summed E-state index contributed by atoms with van der Waals surface area (Å²) in [5.74, 6) is -1.10. The van der Waals surface area contributed by atoms with Gasteiger partial charge in [-0.25, -0.2) is 13.6 Å². The maximum absolute atomic E-state index is 13.9. The molecule has 0 unspecified atom stereocenters. The molecule has 0 bridgehead atoms. The van der Waals surface area contributed by atoms with Crippen molar-refractivity contribution in [1.29, 1.82) is 0 Å². The van der Waals surface area contributed by atoms with E-state index in [2.05, 4.69) is 4.74 Å². The topological polar surface area (TPSA) is 72.2 Å². The van der Waals surface area contributed by atoms with Crippen LogP contribution < -0.4 is 4.74 Å². The van der Waals surface area contributed by atoms with Gasteiger partial charge in [-0.2, -0.15) is 0 Å². The minimum absolute atomic E-state index is 0.123. The highest BCUT2D eigenvalue weighted by molar-refractivity contribution is 5.91. The van der Waals surface area contributed by atoms with Crippen LogP contribution in [0.15, 0.2) is 59.0 Å². The van der Waals surface area contributed by atoms with Gasteiger partial charge in [-0.15, -0.1) is 0 Å². The summed E-state index contributed by atoms with van der Waals surface area (Å²) < 4.78 is 43.3. The minimum atomic E-state index is -0.859. The molecule has 0 radical (unpaired) electrons. The third-order valence-corrected chi connectivity index (χ3v) is 5.61. The van der Waals surface area contributed by atoms with Crippen molar-refractivity contribution in [2.75, 3.05) is 33.3 Å². The standard InChI is InChI=1S/C25H24F2N2O5/c1-32-25(31)17-5-7-19(8-6-17)33-16-20-9-10-22(34-20)24(30)29-13-11-28(12-14-29)15-18-3-2-4-21(26)23(18)27/h2-10H,11-16H2,1H3. The molecule has 0 atom stereocenters. The van der Waals surface area contributed by atoms with Crippen molar-refractivity contribution in [1.82, 2.24) is 9.80 Å². The van der Waals surface area contributed by atoms with Crippen molar-refractivity contribution in [2.45, 2.75) is 13.2 Å². The number of nitrogens with zero attached hydrogens (tertiary/aromatic N) is 2. The molecule has 1 aliphatic heterocycles. The highest BCUT2D eigenvalue weighted by atomic mass is 19.2. The summed E-state index contributed by atoms with van der Waals surface area (Å²) in [6.07, 6.45) is 0. The summed E-state index contributed by atoms with van der Waals surface area (Å²) in [5, 5.41) is 0. The average molecular weight is 470 g/mol. The number of halogens is 2. The molecule has 2 aromatic carbocycles. The summed E-state index contributed by atoms with van der Waals surface area (Å²) in [5.41, 5.74) is 0.720. The fraction of sp³-hybridized carbons (Fsp3) is 0.280. The van der Waals surface area contributed by atoms with E-state index < -0.39 is 17.6 Å². The van der Waals surface area contributed by atoms with E-state index in [4.69, 9.17) is 9.15 Å². The Bertz CT molecular complexity index is 1150. The van der Waals surface area contributed by atoms with E-state index in [1.54, 1.807) is 47.4 Å². The number of amides is 1. The van der Waals surface area contributed by atoms with Gasteiger partial charge in [-0.1, -0.05) is 12.1 Å². The van der Waals surface area contributed by atoms with Gasteiger partial charge in [0, 0.05) is 38.3 Å². The van der Waals surface area contributed by atoms with Gasteiger partial charge in [-0.05, 0) is 42.5 Å². The van der Waals surface area contributed by atoms with Gasteiger partial charge in [0.2, 0.25) is 0 Å². The summed E-state index contributed by atoms with van der Waals surface area (Å²) >= 11 is 0. The Balaban J connectivity index is 1.27. The lowest BCUT2D eigenvalue weighted by Gasteiger charge is -2.34. The summed E-state index contributed by atoms with van der Waals surface area (Å²) in [4.78, 5) is 27.9. The first-order chi connectivity index (χ1) is 16.4. The second kappa shape index (κ2) is 10.5. The number of hydrogen-bond acceptors (Lipinski definition) is 6. The maximum Gasteiger partial charge on any atom is 0.337 e. The van der Waals surface area contributed by atoms with E-state index >= 15 is 0 Å². The number of esters is 1. The Morgan fingerprint density at radius 3 is 2.41 bits per heavy atom. The number of carbonyl (C=O) groups is 2. The molecule has 1 aromatic heterocycles. The van der Waals surface area contributed by atoms with Gasteiger partial charge in [0.1, 0.15) is 18.1 Å². The van der Waals surface area contributed by atoms with Gasteiger partial charge in [0.05, 0.1) is 12.7 Å². The third-order valence-electron chi connectivity index (χ3n) is 5.61. The normalized spacial score (nSPS) is 14.1. The van der Waals surface area contributed by atoms with Crippen LogP contribution in [0, 0.1) is 11.6 Å². The van der Waals surface area contributed by atoms with Crippen LogP contribution in [-0.2, 0) is 17.9 Å². The molecule has 9 heteroatoms. The second-order valence-electron chi connectivity index (χ2n) is 7.85. The molecule has 0 spiro atoms. The lowest BCUT2D eigenvalue weighted by molar-refractivity contribution is 0.0589. The van der Waals surface area contributed by atoms with Crippen LogP contribution in [0.25, 0.3) is 0 Å². The van der Waals surface area contributed by atoms with Crippen LogP contribution in [0.2, 0.25) is 0 Å². The lowest BCUT2D eigenvalue weighted by atomic mass is 10.1. The van der Waals surface area contributed by atoms with Crippen LogP contribution in [0.3, 0.4) is 0 Å². The van der Waals surface area contributed by atoms with E-state index in [9.17, 15) is 18.4 Å². The van der Waals surface area contributed by atoms with Crippen molar-refractivity contribution < 1.29 is 32.3 Å². The molecular formula is C25H24F2N2O5. The highest BCUT2D eigenvalue weighted by Crippen LogP contribution is 2.19. The van der Waals surface area contributed by atoms with Crippen LogP contribution in [0.1, 0.15) is 32.2 Å². The highest BCUT2D eigenvalue weighted by Gasteiger charge is 2.25. The molecule has 1 fully saturated rings. The summed E-state index contributed by atoms with van der Waals surface area (Å²) in [6.45, 7) is 2.40. The zero-order chi connectivity index (χ0) is 24.1. The number of furan rings is 1. The molecule has 2 heterocycles. The fourth-order valence-corrected chi connectivity index (χ4v) is 3.71. The number of benzene rings is 2. The molecular weight excluding hydrogens is 446 g/mol. The average Bonchev–Trinajstić information content (AvgIpc) is 3.34. The predicted octanol–water partition coefficient (Wildman–Crippen LogP) is 3.88. The molecule has 1 amide bonds. The monoisotopic (exact) mass is 470 g/mol. The smallest absolute Gasteiger partial charge is 0.337 e. The first-order valence-corrected chi connectivity index (χ1v) is 10.8. The Morgan fingerprint density at radius 1 is 0.971 bits per heavy atom. The van der Waals surface area contributed by atoms with Crippen LogP contribution in [0.4, 0.5) is 8.78 Å². The number of rotatable bonds is 7. The number of hydrogen-bond donors (Lipinski definition) is 0. The molecule has 1 saturated heterocycles. The summed E-state index contributed by atoms with van der Waals surface area (Å²) in [7, 11) is 1.32. The quantitative estimate of drug-likeness (QED) is 0.488. The molecule has 3 aromatic rings. The van der Waals surface area contributed by atoms with E-state index in [1.807, 2.05) is 4.90 Å². The van der Waals surface area contributed by atoms with E-state index in [0.29, 0.717) is 48.8 Å². The largest absolute Gasteiger partial charge is 0.486 e. The Hall–Kier alpha value is -3.72. The molecule has 178 valence electrons. The number of methoxy groups -OCH3 is 1. The molecule has 0 aliphatic carbocycles. The SMILES string of the molecule is COC(=O)c1ccc(OCc2ccc(C(=O)N3CCN(Cc4cccc(F)c4F)CC3)o2)cc1. The first-order valence-electron chi connectivity index (χ1n) is 10.8. The zero-order valence-electron chi connectivity index (χ0n) is 18.6. The van der Waals surface area contributed by atoms with Crippen molar-refractivity contribution in [3.63, 3.8) is 0 Å². The Labute approximate surface area is 195 Å². The lowest BCUT2D eigenvalue weighted by Crippen LogP contribution is -2.48. The number of carbonyl (C=O) groups excluding carboxylic acids is 2. The molecule has 0 saturated carbocycles. The number of ether oxygens (including phenoxy) is 2. The van der Waals surface area contributed by atoms with Crippen LogP contribution in [-0.4, -0.2) is 55.0 Å². The van der Waals surface area contributed by atoms with Crippen molar-refractivity contribution in [2.24, 2.45) is 0 Å². The van der Waals surface area contributed by atoms with Gasteiger partial charge in [-0.3, -0.25) is 9.69 Å². The summed E-state index contributed by atoms with van der Waals surface area (Å²) in [6, 6.07) is 13.9. The van der Waals surface area contributed by atoms with Gasteiger partial charge < -0.3 is 18.8 Å².